The van der Waals surface area contributed by atoms with Crippen LogP contribution in [0.15, 0.2) is 6.33 Å². The molecule has 1 heterocycles. The summed E-state index contributed by atoms with van der Waals surface area (Å²) in [6.45, 7) is 0.496. The van der Waals surface area contributed by atoms with Crippen LogP contribution in [0.25, 0.3) is 0 Å². The van der Waals surface area contributed by atoms with Crippen LogP contribution < -0.4 is 5.32 Å². The predicted molar refractivity (Wildman–Crippen MR) is 78.6 cm³/mol. The summed E-state index contributed by atoms with van der Waals surface area (Å²) in [6, 6.07) is 0. The molecule has 1 amide bonds. The van der Waals surface area contributed by atoms with Gasteiger partial charge in [-0.3, -0.25) is 4.79 Å². The van der Waals surface area contributed by atoms with Gasteiger partial charge >= 0.3 is 6.18 Å². The summed E-state index contributed by atoms with van der Waals surface area (Å²) in [4.78, 5) is 19.6. The van der Waals surface area contributed by atoms with Gasteiger partial charge in [-0.25, -0.2) is 4.98 Å². The normalized spacial score (nSPS) is 28.2. The number of hydrogen-bond acceptors (Lipinski definition) is 2. The zero-order valence-electron chi connectivity index (χ0n) is 13.0. The molecule has 0 bridgehead atoms. The van der Waals surface area contributed by atoms with Gasteiger partial charge in [-0.15, -0.1) is 0 Å². The maximum absolute atomic E-state index is 12.6. The number of alkyl halides is 3. The second-order valence-corrected chi connectivity index (χ2v) is 6.77. The van der Waals surface area contributed by atoms with Crippen molar-refractivity contribution in [2.24, 2.45) is 17.8 Å². The number of aromatic amines is 1. The van der Waals surface area contributed by atoms with Crippen LogP contribution >= 0.6 is 0 Å². The highest BCUT2D eigenvalue weighted by Gasteiger charge is 2.41. The average Bonchev–Trinajstić information content (AvgIpc) is 2.99. The molecule has 0 spiro atoms. The third-order valence-electron chi connectivity index (χ3n) is 5.23. The van der Waals surface area contributed by atoms with Gasteiger partial charge < -0.3 is 10.3 Å². The molecule has 0 aliphatic heterocycles. The van der Waals surface area contributed by atoms with Crippen molar-refractivity contribution >= 4 is 5.91 Å². The van der Waals surface area contributed by atoms with Gasteiger partial charge in [0.25, 0.3) is 0 Å². The number of hydrogen-bond donors (Lipinski definition) is 2. The third kappa shape index (κ3) is 3.87. The zero-order chi connectivity index (χ0) is 16.4. The first-order valence-electron chi connectivity index (χ1n) is 8.29. The second-order valence-electron chi connectivity index (χ2n) is 6.77. The van der Waals surface area contributed by atoms with Gasteiger partial charge in [0.1, 0.15) is 0 Å². The SMILES string of the molecule is O=C(NCC1CCC(C(F)(F)F)CC1)C1CCc2nc[nH]c2C1. The maximum atomic E-state index is 12.6. The lowest BCUT2D eigenvalue weighted by Gasteiger charge is -2.30. The summed E-state index contributed by atoms with van der Waals surface area (Å²) >= 11 is 0. The Balaban J connectivity index is 1.42. The molecule has 4 nitrogen and oxygen atoms in total. The van der Waals surface area contributed by atoms with Crippen LogP contribution in [-0.2, 0) is 17.6 Å². The Labute approximate surface area is 133 Å². The molecule has 2 aliphatic carbocycles. The third-order valence-corrected chi connectivity index (χ3v) is 5.23. The van der Waals surface area contributed by atoms with Crippen molar-refractivity contribution in [3.05, 3.63) is 17.7 Å². The lowest BCUT2D eigenvalue weighted by Crippen LogP contribution is -2.38. The quantitative estimate of drug-likeness (QED) is 0.896. The molecule has 0 saturated heterocycles. The first-order chi connectivity index (χ1) is 10.9. The van der Waals surface area contributed by atoms with Gasteiger partial charge in [0.15, 0.2) is 0 Å². The summed E-state index contributed by atoms with van der Waals surface area (Å²) in [6.07, 6.45) is 1.29. The Morgan fingerprint density at radius 1 is 1.26 bits per heavy atom. The molecule has 1 aromatic rings. The minimum Gasteiger partial charge on any atom is -0.356 e. The van der Waals surface area contributed by atoms with E-state index in [0.29, 0.717) is 25.8 Å². The number of nitrogens with one attached hydrogen (secondary N) is 2. The van der Waals surface area contributed by atoms with Gasteiger partial charge in [-0.1, -0.05) is 0 Å². The predicted octanol–water partition coefficient (Wildman–Crippen LogP) is 3.00. The van der Waals surface area contributed by atoms with E-state index in [1.807, 2.05) is 0 Å². The largest absolute Gasteiger partial charge is 0.391 e. The van der Waals surface area contributed by atoms with Gasteiger partial charge in [0, 0.05) is 24.6 Å². The van der Waals surface area contributed by atoms with E-state index in [1.165, 1.54) is 0 Å². The zero-order valence-corrected chi connectivity index (χ0v) is 13.0. The summed E-state index contributed by atoms with van der Waals surface area (Å²) in [5.74, 6) is -1.03. The van der Waals surface area contributed by atoms with E-state index in [1.54, 1.807) is 6.33 Å². The first-order valence-corrected chi connectivity index (χ1v) is 8.29. The molecule has 0 radical (unpaired) electrons. The van der Waals surface area contributed by atoms with Crippen molar-refractivity contribution in [1.82, 2.24) is 15.3 Å². The van der Waals surface area contributed by atoms with Crippen molar-refractivity contribution in [2.75, 3.05) is 6.54 Å². The van der Waals surface area contributed by atoms with Crippen molar-refractivity contribution in [2.45, 2.75) is 51.1 Å². The molecule has 1 saturated carbocycles. The van der Waals surface area contributed by atoms with E-state index >= 15 is 0 Å². The maximum Gasteiger partial charge on any atom is 0.391 e. The number of aryl methyl sites for hydroxylation is 1. The Morgan fingerprint density at radius 3 is 2.70 bits per heavy atom. The van der Waals surface area contributed by atoms with Crippen molar-refractivity contribution in [3.63, 3.8) is 0 Å². The molecular formula is C16H22F3N3O. The highest BCUT2D eigenvalue weighted by molar-refractivity contribution is 5.79. The molecule has 0 aromatic carbocycles. The van der Waals surface area contributed by atoms with Crippen LogP contribution in [0.2, 0.25) is 0 Å². The van der Waals surface area contributed by atoms with Gasteiger partial charge in [-0.2, -0.15) is 13.2 Å². The highest BCUT2D eigenvalue weighted by Crippen LogP contribution is 2.39. The van der Waals surface area contributed by atoms with Crippen LogP contribution in [0.4, 0.5) is 13.2 Å². The van der Waals surface area contributed by atoms with E-state index in [2.05, 4.69) is 15.3 Å². The van der Waals surface area contributed by atoms with Crippen LogP contribution in [0.5, 0.6) is 0 Å². The monoisotopic (exact) mass is 329 g/mol. The smallest absolute Gasteiger partial charge is 0.356 e. The Bertz CT molecular complexity index is 547. The van der Waals surface area contributed by atoms with Crippen molar-refractivity contribution in [3.8, 4) is 0 Å². The minimum atomic E-state index is -4.07. The number of carbonyl (C=O) groups is 1. The van der Waals surface area contributed by atoms with Gasteiger partial charge in [-0.05, 0) is 44.4 Å². The van der Waals surface area contributed by atoms with Gasteiger partial charge in [0.2, 0.25) is 5.91 Å². The van der Waals surface area contributed by atoms with E-state index < -0.39 is 12.1 Å². The van der Waals surface area contributed by atoms with Crippen LogP contribution in [0.3, 0.4) is 0 Å². The number of fused-ring (bicyclic) bond motifs is 1. The highest BCUT2D eigenvalue weighted by atomic mass is 19.4. The number of halogens is 3. The Morgan fingerprint density at radius 2 is 2.00 bits per heavy atom. The molecular weight excluding hydrogens is 307 g/mol. The number of imidazole rings is 1. The van der Waals surface area contributed by atoms with E-state index in [9.17, 15) is 18.0 Å². The Kier molecular flexibility index (Phi) is 4.64. The summed E-state index contributed by atoms with van der Waals surface area (Å²) in [7, 11) is 0. The first kappa shape index (κ1) is 16.3. The molecule has 3 rings (SSSR count). The second kappa shape index (κ2) is 6.53. The summed E-state index contributed by atoms with van der Waals surface area (Å²) < 4.78 is 37.9. The number of H-pyrrole nitrogens is 1. The number of aromatic nitrogens is 2. The molecule has 1 atom stereocenters. The number of carbonyl (C=O) groups excluding carboxylic acids is 1. The number of rotatable bonds is 3. The fourth-order valence-electron chi connectivity index (χ4n) is 3.71. The van der Waals surface area contributed by atoms with E-state index in [4.69, 9.17) is 0 Å². The Hall–Kier alpha value is -1.53. The molecule has 2 aliphatic rings. The summed E-state index contributed by atoms with van der Waals surface area (Å²) in [5.41, 5.74) is 2.07. The molecule has 7 heteroatoms. The minimum absolute atomic E-state index is 0.0168. The average molecular weight is 329 g/mol. The molecule has 1 unspecified atom stereocenters. The molecule has 1 aromatic heterocycles. The summed E-state index contributed by atoms with van der Waals surface area (Å²) in [5, 5.41) is 2.94. The van der Waals surface area contributed by atoms with Crippen molar-refractivity contribution in [1.29, 1.82) is 0 Å². The topological polar surface area (TPSA) is 57.8 Å². The van der Waals surface area contributed by atoms with E-state index in [-0.39, 0.29) is 30.6 Å². The number of amides is 1. The van der Waals surface area contributed by atoms with E-state index in [0.717, 1.165) is 24.2 Å². The molecule has 2 N–H and O–H groups in total. The lowest BCUT2D eigenvalue weighted by atomic mass is 9.81. The van der Waals surface area contributed by atoms with Crippen LogP contribution in [-0.4, -0.2) is 28.6 Å². The fourth-order valence-corrected chi connectivity index (χ4v) is 3.71. The molecule has 128 valence electrons. The van der Waals surface area contributed by atoms with Crippen molar-refractivity contribution < 1.29 is 18.0 Å². The van der Waals surface area contributed by atoms with Crippen LogP contribution in [0, 0.1) is 17.8 Å². The number of nitrogens with zero attached hydrogens (tertiary/aromatic N) is 1. The van der Waals surface area contributed by atoms with Crippen LogP contribution in [0.1, 0.15) is 43.5 Å². The standard InChI is InChI=1S/C16H22F3N3O/c17-16(18,19)12-4-1-10(2-5-12)8-20-15(23)11-3-6-13-14(7-11)22-9-21-13/h9-12H,1-8H2,(H,20,23)(H,21,22). The molecule has 1 fully saturated rings. The molecule has 23 heavy (non-hydrogen) atoms. The lowest BCUT2D eigenvalue weighted by molar-refractivity contribution is -0.183. The van der Waals surface area contributed by atoms with Gasteiger partial charge in [0.05, 0.1) is 17.9 Å². The fraction of sp³-hybridized carbons (Fsp3) is 0.750.